The third-order valence-electron chi connectivity index (χ3n) is 3.17. The van der Waals surface area contributed by atoms with Crippen LogP contribution in [0.3, 0.4) is 0 Å². The third-order valence-corrected chi connectivity index (χ3v) is 4.27. The standard InChI is InChI=1S/C15H18N2OS/c1-10-6-5-7-13(8-10)9-19-15-16-12(3)11(2)14(18)17(15)4/h5-8H,9H2,1-4H3. The molecule has 19 heavy (non-hydrogen) atoms. The number of rotatable bonds is 3. The van der Waals surface area contributed by atoms with E-state index < -0.39 is 0 Å². The lowest BCUT2D eigenvalue weighted by Gasteiger charge is -2.10. The normalized spacial score (nSPS) is 10.7. The van der Waals surface area contributed by atoms with Crippen LogP contribution in [-0.4, -0.2) is 9.55 Å². The van der Waals surface area contributed by atoms with Gasteiger partial charge < -0.3 is 0 Å². The fourth-order valence-corrected chi connectivity index (χ4v) is 2.83. The van der Waals surface area contributed by atoms with Crippen molar-refractivity contribution in [1.82, 2.24) is 9.55 Å². The van der Waals surface area contributed by atoms with E-state index in [0.29, 0.717) is 0 Å². The molecule has 0 aliphatic carbocycles. The first-order valence-electron chi connectivity index (χ1n) is 6.21. The Balaban J connectivity index is 2.23. The van der Waals surface area contributed by atoms with Crippen molar-refractivity contribution in [1.29, 1.82) is 0 Å². The average Bonchev–Trinajstić information content (AvgIpc) is 2.39. The van der Waals surface area contributed by atoms with E-state index in [1.807, 2.05) is 13.8 Å². The summed E-state index contributed by atoms with van der Waals surface area (Å²) in [7, 11) is 1.78. The summed E-state index contributed by atoms with van der Waals surface area (Å²) in [6.45, 7) is 5.78. The van der Waals surface area contributed by atoms with E-state index in [1.54, 1.807) is 23.4 Å². The molecule has 0 saturated heterocycles. The number of hydrogen-bond donors (Lipinski definition) is 0. The quantitative estimate of drug-likeness (QED) is 0.637. The van der Waals surface area contributed by atoms with E-state index in [0.717, 1.165) is 22.2 Å². The number of hydrogen-bond acceptors (Lipinski definition) is 3. The monoisotopic (exact) mass is 274 g/mol. The first kappa shape index (κ1) is 13.9. The number of nitrogens with zero attached hydrogens (tertiary/aromatic N) is 2. The van der Waals surface area contributed by atoms with Crippen molar-refractivity contribution in [2.24, 2.45) is 7.05 Å². The molecule has 0 aliphatic rings. The highest BCUT2D eigenvalue weighted by Gasteiger charge is 2.08. The van der Waals surface area contributed by atoms with Crippen molar-refractivity contribution in [3.8, 4) is 0 Å². The summed E-state index contributed by atoms with van der Waals surface area (Å²) >= 11 is 1.60. The first-order valence-corrected chi connectivity index (χ1v) is 7.20. The Morgan fingerprint density at radius 1 is 1.26 bits per heavy atom. The second kappa shape index (κ2) is 5.61. The van der Waals surface area contributed by atoms with Gasteiger partial charge in [-0.15, -0.1) is 0 Å². The van der Waals surface area contributed by atoms with Gasteiger partial charge in [0, 0.05) is 24.1 Å². The molecule has 1 aromatic carbocycles. The lowest BCUT2D eigenvalue weighted by Crippen LogP contribution is -2.23. The van der Waals surface area contributed by atoms with Gasteiger partial charge in [-0.3, -0.25) is 9.36 Å². The van der Waals surface area contributed by atoms with E-state index in [9.17, 15) is 4.79 Å². The predicted molar refractivity (Wildman–Crippen MR) is 79.7 cm³/mol. The smallest absolute Gasteiger partial charge is 0.257 e. The highest BCUT2D eigenvalue weighted by molar-refractivity contribution is 7.98. The topological polar surface area (TPSA) is 34.9 Å². The SMILES string of the molecule is Cc1cccc(CSc2nc(C)c(C)c(=O)n2C)c1. The summed E-state index contributed by atoms with van der Waals surface area (Å²) in [4.78, 5) is 16.5. The average molecular weight is 274 g/mol. The van der Waals surface area contributed by atoms with Crippen molar-refractivity contribution in [2.45, 2.75) is 31.7 Å². The minimum Gasteiger partial charge on any atom is -0.291 e. The predicted octanol–water partition coefficient (Wildman–Crippen LogP) is 3.00. The minimum absolute atomic E-state index is 0.0410. The number of aryl methyl sites for hydroxylation is 2. The zero-order chi connectivity index (χ0) is 14.0. The second-order valence-electron chi connectivity index (χ2n) is 4.75. The van der Waals surface area contributed by atoms with Crippen LogP contribution in [0.25, 0.3) is 0 Å². The van der Waals surface area contributed by atoms with Gasteiger partial charge in [-0.05, 0) is 26.3 Å². The van der Waals surface area contributed by atoms with Crippen LogP contribution >= 0.6 is 11.8 Å². The highest BCUT2D eigenvalue weighted by Crippen LogP contribution is 2.20. The van der Waals surface area contributed by atoms with E-state index in [4.69, 9.17) is 0 Å². The minimum atomic E-state index is 0.0410. The van der Waals surface area contributed by atoms with Gasteiger partial charge in [-0.25, -0.2) is 4.98 Å². The zero-order valence-corrected chi connectivity index (χ0v) is 12.5. The zero-order valence-electron chi connectivity index (χ0n) is 11.7. The second-order valence-corrected chi connectivity index (χ2v) is 5.69. The van der Waals surface area contributed by atoms with Gasteiger partial charge in [0.2, 0.25) is 0 Å². The van der Waals surface area contributed by atoms with Crippen molar-refractivity contribution in [3.05, 3.63) is 57.0 Å². The molecule has 2 aromatic rings. The Morgan fingerprint density at radius 3 is 2.68 bits per heavy atom. The molecule has 4 heteroatoms. The van der Waals surface area contributed by atoms with Crippen LogP contribution < -0.4 is 5.56 Å². The van der Waals surface area contributed by atoms with Gasteiger partial charge >= 0.3 is 0 Å². The van der Waals surface area contributed by atoms with Gasteiger partial charge in [0.15, 0.2) is 5.16 Å². The molecule has 0 N–H and O–H groups in total. The molecule has 100 valence electrons. The summed E-state index contributed by atoms with van der Waals surface area (Å²) in [6.07, 6.45) is 0. The van der Waals surface area contributed by atoms with Crippen molar-refractivity contribution < 1.29 is 0 Å². The van der Waals surface area contributed by atoms with Crippen molar-refractivity contribution in [3.63, 3.8) is 0 Å². The summed E-state index contributed by atoms with van der Waals surface area (Å²) in [5.74, 6) is 0.824. The molecular formula is C15H18N2OS. The fourth-order valence-electron chi connectivity index (χ4n) is 1.87. The maximum atomic E-state index is 12.0. The van der Waals surface area contributed by atoms with E-state index in [1.165, 1.54) is 11.1 Å². The molecule has 0 saturated carbocycles. The largest absolute Gasteiger partial charge is 0.291 e. The molecule has 0 aliphatic heterocycles. The molecule has 0 fully saturated rings. The van der Waals surface area contributed by atoms with E-state index in [2.05, 4.69) is 36.2 Å². The van der Waals surface area contributed by atoms with Crippen LogP contribution in [0.4, 0.5) is 0 Å². The molecule has 0 radical (unpaired) electrons. The van der Waals surface area contributed by atoms with Gasteiger partial charge in [0.05, 0.1) is 0 Å². The van der Waals surface area contributed by atoms with Crippen LogP contribution in [0.2, 0.25) is 0 Å². The summed E-state index contributed by atoms with van der Waals surface area (Å²) < 4.78 is 1.63. The van der Waals surface area contributed by atoms with Gasteiger partial charge in [-0.2, -0.15) is 0 Å². The third kappa shape index (κ3) is 3.07. The van der Waals surface area contributed by atoms with E-state index >= 15 is 0 Å². The molecule has 2 rings (SSSR count). The maximum absolute atomic E-state index is 12.0. The summed E-state index contributed by atoms with van der Waals surface area (Å²) in [5.41, 5.74) is 4.08. The van der Waals surface area contributed by atoms with Crippen molar-refractivity contribution >= 4 is 11.8 Å². The molecule has 0 amide bonds. The number of thioether (sulfide) groups is 1. The molecule has 0 bridgehead atoms. The molecular weight excluding hydrogens is 256 g/mol. The lowest BCUT2D eigenvalue weighted by molar-refractivity contribution is 0.689. The van der Waals surface area contributed by atoms with Crippen LogP contribution in [0.5, 0.6) is 0 Å². The fraction of sp³-hybridized carbons (Fsp3) is 0.333. The Bertz CT molecular complexity index is 662. The maximum Gasteiger partial charge on any atom is 0.257 e. The van der Waals surface area contributed by atoms with Gasteiger partial charge in [0.25, 0.3) is 5.56 Å². The van der Waals surface area contributed by atoms with Crippen LogP contribution in [0.15, 0.2) is 34.2 Å². The summed E-state index contributed by atoms with van der Waals surface area (Å²) in [6, 6.07) is 8.39. The van der Waals surface area contributed by atoms with Gasteiger partial charge in [0.1, 0.15) is 0 Å². The number of aromatic nitrogens is 2. The van der Waals surface area contributed by atoms with Crippen LogP contribution in [0.1, 0.15) is 22.4 Å². The Labute approximate surface area is 117 Å². The Hall–Kier alpha value is -1.55. The molecule has 0 atom stereocenters. The van der Waals surface area contributed by atoms with Crippen LogP contribution in [-0.2, 0) is 12.8 Å². The summed E-state index contributed by atoms with van der Waals surface area (Å²) in [5, 5.41) is 0.773. The molecule has 1 aromatic heterocycles. The first-order chi connectivity index (χ1) is 8.99. The number of benzene rings is 1. The Morgan fingerprint density at radius 2 is 2.00 bits per heavy atom. The van der Waals surface area contributed by atoms with Crippen LogP contribution in [0, 0.1) is 20.8 Å². The van der Waals surface area contributed by atoms with E-state index in [-0.39, 0.29) is 5.56 Å². The molecule has 0 spiro atoms. The van der Waals surface area contributed by atoms with Crippen molar-refractivity contribution in [2.75, 3.05) is 0 Å². The molecule has 3 nitrogen and oxygen atoms in total. The molecule has 0 unspecified atom stereocenters. The highest BCUT2D eigenvalue weighted by atomic mass is 32.2. The molecule has 1 heterocycles. The Kier molecular flexibility index (Phi) is 4.10. The van der Waals surface area contributed by atoms with Gasteiger partial charge in [-0.1, -0.05) is 41.6 Å². The lowest BCUT2D eigenvalue weighted by atomic mass is 10.2.